The lowest BCUT2D eigenvalue weighted by molar-refractivity contribution is -0.141. The van der Waals surface area contributed by atoms with Crippen molar-refractivity contribution < 1.29 is 23.1 Å². The Labute approximate surface area is 119 Å². The lowest BCUT2D eigenvalue weighted by atomic mass is 10.1. The molecule has 1 saturated heterocycles. The van der Waals surface area contributed by atoms with Crippen LogP contribution in [-0.4, -0.2) is 40.3 Å². The van der Waals surface area contributed by atoms with Gasteiger partial charge in [0, 0.05) is 25.3 Å². The van der Waals surface area contributed by atoms with Crippen LogP contribution < -0.4 is 10.2 Å². The maximum atomic E-state index is 12.6. The summed E-state index contributed by atoms with van der Waals surface area (Å²) in [6, 6.07) is 0.633. The van der Waals surface area contributed by atoms with Crippen LogP contribution in [0, 0.1) is 0 Å². The zero-order valence-electron chi connectivity index (χ0n) is 11.1. The minimum absolute atomic E-state index is 0.0285. The van der Waals surface area contributed by atoms with E-state index in [1.54, 1.807) is 4.90 Å². The number of hydrogen-bond acceptors (Lipinski definition) is 4. The SMILES string of the molecule is O=C(O)NC1CCCN(c2nccc(C(F)(F)F)n2)CC1. The van der Waals surface area contributed by atoms with Gasteiger partial charge in [-0.05, 0) is 25.3 Å². The normalized spacial score (nSPS) is 20.0. The second-order valence-electron chi connectivity index (χ2n) is 4.80. The van der Waals surface area contributed by atoms with E-state index in [9.17, 15) is 18.0 Å². The van der Waals surface area contributed by atoms with E-state index in [0.29, 0.717) is 32.4 Å². The van der Waals surface area contributed by atoms with Gasteiger partial charge in [0.05, 0.1) is 0 Å². The monoisotopic (exact) mass is 304 g/mol. The first-order valence-corrected chi connectivity index (χ1v) is 6.51. The molecule has 0 spiro atoms. The summed E-state index contributed by atoms with van der Waals surface area (Å²) < 4.78 is 37.9. The predicted molar refractivity (Wildman–Crippen MR) is 68.0 cm³/mol. The van der Waals surface area contributed by atoms with E-state index in [0.717, 1.165) is 12.3 Å². The highest BCUT2D eigenvalue weighted by molar-refractivity contribution is 5.64. The Morgan fingerprint density at radius 2 is 2.14 bits per heavy atom. The van der Waals surface area contributed by atoms with Gasteiger partial charge in [-0.25, -0.2) is 14.8 Å². The molecule has 1 aliphatic heterocycles. The van der Waals surface area contributed by atoms with Crippen molar-refractivity contribution in [2.45, 2.75) is 31.5 Å². The highest BCUT2D eigenvalue weighted by Gasteiger charge is 2.33. The van der Waals surface area contributed by atoms with Gasteiger partial charge in [0.2, 0.25) is 5.95 Å². The zero-order valence-corrected chi connectivity index (χ0v) is 11.1. The number of carboxylic acid groups (broad SMARTS) is 1. The Morgan fingerprint density at radius 3 is 2.81 bits per heavy atom. The van der Waals surface area contributed by atoms with Crippen LogP contribution in [0.3, 0.4) is 0 Å². The van der Waals surface area contributed by atoms with Crippen molar-refractivity contribution in [3.8, 4) is 0 Å². The molecule has 6 nitrogen and oxygen atoms in total. The van der Waals surface area contributed by atoms with E-state index in [2.05, 4.69) is 15.3 Å². The van der Waals surface area contributed by atoms with Gasteiger partial charge in [-0.2, -0.15) is 13.2 Å². The molecule has 2 rings (SSSR count). The van der Waals surface area contributed by atoms with Gasteiger partial charge in [0.1, 0.15) is 5.69 Å². The standard InChI is InChI=1S/C12H15F3N4O2/c13-12(14,15)9-3-5-16-10(18-9)19-6-1-2-8(4-7-19)17-11(20)21/h3,5,8,17H,1-2,4,6-7H2,(H,20,21). The molecule has 1 fully saturated rings. The molecule has 0 aromatic carbocycles. The summed E-state index contributed by atoms with van der Waals surface area (Å²) in [4.78, 5) is 19.7. The number of rotatable bonds is 2. The summed E-state index contributed by atoms with van der Waals surface area (Å²) in [6.45, 7) is 0.908. The molecule has 2 heterocycles. The first-order chi connectivity index (χ1) is 9.86. The quantitative estimate of drug-likeness (QED) is 0.875. The van der Waals surface area contributed by atoms with Crippen molar-refractivity contribution >= 4 is 12.0 Å². The van der Waals surface area contributed by atoms with Gasteiger partial charge in [-0.15, -0.1) is 0 Å². The summed E-state index contributed by atoms with van der Waals surface area (Å²) >= 11 is 0. The van der Waals surface area contributed by atoms with Crippen LogP contribution in [0.5, 0.6) is 0 Å². The molecule has 9 heteroatoms. The van der Waals surface area contributed by atoms with E-state index in [1.807, 2.05) is 0 Å². The Bertz CT molecular complexity index is 510. The molecule has 1 amide bonds. The molecule has 1 atom stereocenters. The largest absolute Gasteiger partial charge is 0.465 e. The first-order valence-electron chi connectivity index (χ1n) is 6.51. The average molecular weight is 304 g/mol. The predicted octanol–water partition coefficient (Wildman–Crippen LogP) is 2.12. The van der Waals surface area contributed by atoms with Crippen molar-refractivity contribution in [1.82, 2.24) is 15.3 Å². The van der Waals surface area contributed by atoms with Gasteiger partial charge in [-0.1, -0.05) is 0 Å². The van der Waals surface area contributed by atoms with Crippen molar-refractivity contribution in [2.24, 2.45) is 0 Å². The summed E-state index contributed by atoms with van der Waals surface area (Å²) in [7, 11) is 0. The molecule has 1 aromatic rings. The molecule has 1 unspecified atom stereocenters. The number of nitrogens with one attached hydrogen (secondary N) is 1. The molecule has 0 aliphatic carbocycles. The topological polar surface area (TPSA) is 78.4 Å². The minimum atomic E-state index is -4.50. The zero-order chi connectivity index (χ0) is 15.5. The third kappa shape index (κ3) is 4.20. The number of hydrogen-bond donors (Lipinski definition) is 2. The van der Waals surface area contributed by atoms with Gasteiger partial charge < -0.3 is 15.3 Å². The highest BCUT2D eigenvalue weighted by atomic mass is 19.4. The van der Waals surface area contributed by atoms with Crippen molar-refractivity contribution in [3.63, 3.8) is 0 Å². The molecule has 1 aromatic heterocycles. The Kier molecular flexibility index (Phi) is 4.49. The van der Waals surface area contributed by atoms with Crippen LogP contribution in [0.2, 0.25) is 0 Å². The maximum absolute atomic E-state index is 12.6. The number of nitrogens with zero attached hydrogens (tertiary/aromatic N) is 3. The average Bonchev–Trinajstić information content (AvgIpc) is 2.63. The molecule has 0 saturated carbocycles. The third-order valence-electron chi connectivity index (χ3n) is 3.27. The maximum Gasteiger partial charge on any atom is 0.433 e. The Morgan fingerprint density at radius 1 is 1.38 bits per heavy atom. The van der Waals surface area contributed by atoms with E-state index in [-0.39, 0.29) is 12.0 Å². The lowest BCUT2D eigenvalue weighted by Crippen LogP contribution is -2.34. The lowest BCUT2D eigenvalue weighted by Gasteiger charge is -2.21. The van der Waals surface area contributed by atoms with E-state index in [1.165, 1.54) is 0 Å². The molecule has 0 bridgehead atoms. The van der Waals surface area contributed by atoms with E-state index < -0.39 is 18.0 Å². The molecule has 116 valence electrons. The number of halogens is 3. The van der Waals surface area contributed by atoms with E-state index >= 15 is 0 Å². The fourth-order valence-corrected chi connectivity index (χ4v) is 2.27. The van der Waals surface area contributed by atoms with E-state index in [4.69, 9.17) is 5.11 Å². The van der Waals surface area contributed by atoms with Crippen molar-refractivity contribution in [2.75, 3.05) is 18.0 Å². The molecule has 2 N–H and O–H groups in total. The van der Waals surface area contributed by atoms with Gasteiger partial charge >= 0.3 is 12.3 Å². The highest BCUT2D eigenvalue weighted by Crippen LogP contribution is 2.28. The van der Waals surface area contributed by atoms with Crippen LogP contribution in [-0.2, 0) is 6.18 Å². The van der Waals surface area contributed by atoms with Crippen LogP contribution in [0.1, 0.15) is 25.0 Å². The summed E-state index contributed by atoms with van der Waals surface area (Å²) in [5.41, 5.74) is -0.975. The number of aromatic nitrogens is 2. The molecule has 0 radical (unpaired) electrons. The Balaban J connectivity index is 2.07. The van der Waals surface area contributed by atoms with Gasteiger partial charge in [0.25, 0.3) is 0 Å². The van der Waals surface area contributed by atoms with Crippen LogP contribution in [0.4, 0.5) is 23.9 Å². The Hall–Kier alpha value is -2.06. The minimum Gasteiger partial charge on any atom is -0.465 e. The van der Waals surface area contributed by atoms with Crippen molar-refractivity contribution in [3.05, 3.63) is 18.0 Å². The van der Waals surface area contributed by atoms with Crippen LogP contribution in [0.15, 0.2) is 12.3 Å². The second-order valence-corrected chi connectivity index (χ2v) is 4.80. The second kappa shape index (κ2) is 6.15. The van der Waals surface area contributed by atoms with Crippen LogP contribution in [0.25, 0.3) is 0 Å². The first kappa shape index (κ1) is 15.3. The third-order valence-corrected chi connectivity index (χ3v) is 3.27. The number of anilines is 1. The fourth-order valence-electron chi connectivity index (χ4n) is 2.27. The molecule has 21 heavy (non-hydrogen) atoms. The smallest absolute Gasteiger partial charge is 0.433 e. The summed E-state index contributed by atoms with van der Waals surface area (Å²) in [6.07, 6.45) is -2.71. The van der Waals surface area contributed by atoms with Crippen molar-refractivity contribution in [1.29, 1.82) is 0 Å². The van der Waals surface area contributed by atoms with Gasteiger partial charge in [-0.3, -0.25) is 0 Å². The molecule has 1 aliphatic rings. The number of alkyl halides is 3. The number of carbonyl (C=O) groups is 1. The number of amides is 1. The van der Waals surface area contributed by atoms with Crippen LogP contribution >= 0.6 is 0 Å². The fraction of sp³-hybridized carbons (Fsp3) is 0.583. The summed E-state index contributed by atoms with van der Waals surface area (Å²) in [5, 5.41) is 11.1. The van der Waals surface area contributed by atoms with Gasteiger partial charge in [0.15, 0.2) is 0 Å². The summed E-state index contributed by atoms with van der Waals surface area (Å²) in [5.74, 6) is 0.0285. The molecular formula is C12H15F3N4O2. The molecular weight excluding hydrogens is 289 g/mol.